The summed E-state index contributed by atoms with van der Waals surface area (Å²) in [6.45, 7) is 4.13. The number of hydrogen-bond acceptors (Lipinski definition) is 3. The van der Waals surface area contributed by atoms with Crippen LogP contribution in [0.25, 0.3) is 0 Å². The van der Waals surface area contributed by atoms with Crippen LogP contribution < -0.4 is 10.6 Å². The van der Waals surface area contributed by atoms with Crippen LogP contribution in [0.1, 0.15) is 25.8 Å². The summed E-state index contributed by atoms with van der Waals surface area (Å²) in [5.74, 6) is -1.21. The number of carbonyl (C=O) groups is 2. The number of rotatable bonds is 8. The first-order valence-electron chi connectivity index (χ1n) is 6.91. The molecule has 1 aromatic carbocycles. The van der Waals surface area contributed by atoms with Crippen LogP contribution in [0.15, 0.2) is 24.3 Å². The van der Waals surface area contributed by atoms with Gasteiger partial charge in [0.2, 0.25) is 5.91 Å². The first-order valence-corrected chi connectivity index (χ1v) is 7.29. The summed E-state index contributed by atoms with van der Waals surface area (Å²) in [5.41, 5.74) is 0.935. The molecule has 0 aliphatic heterocycles. The maximum absolute atomic E-state index is 11.7. The summed E-state index contributed by atoms with van der Waals surface area (Å²) < 4.78 is 0. The molecule has 0 radical (unpaired) electrons. The van der Waals surface area contributed by atoms with Gasteiger partial charge in [-0.2, -0.15) is 0 Å². The summed E-state index contributed by atoms with van der Waals surface area (Å²) in [7, 11) is 0. The summed E-state index contributed by atoms with van der Waals surface area (Å²) in [4.78, 5) is 22.8. The molecule has 0 spiro atoms. The van der Waals surface area contributed by atoms with Crippen molar-refractivity contribution in [3.8, 4) is 0 Å². The molecule has 2 atom stereocenters. The molecule has 0 unspecified atom stereocenters. The number of carboxylic acid groups (broad SMARTS) is 1. The maximum atomic E-state index is 11.7. The number of amides is 1. The lowest BCUT2D eigenvalue weighted by Crippen LogP contribution is -2.46. The standard InChI is InChI=1S/C15H21ClN2O3/c1-3-10(2)14(15(20)21)18-9-13(19)17-8-11-4-6-12(16)7-5-11/h4-7,10,14,18H,3,8-9H2,1-2H3,(H,17,19)(H,20,21)/t10-,14-/m0/s1. The van der Waals surface area contributed by atoms with E-state index in [1.54, 1.807) is 12.1 Å². The van der Waals surface area contributed by atoms with E-state index < -0.39 is 12.0 Å². The van der Waals surface area contributed by atoms with E-state index in [1.165, 1.54) is 0 Å². The Bertz CT molecular complexity index is 476. The number of carbonyl (C=O) groups excluding carboxylic acids is 1. The van der Waals surface area contributed by atoms with E-state index in [0.29, 0.717) is 11.6 Å². The quantitative estimate of drug-likeness (QED) is 0.686. The van der Waals surface area contributed by atoms with E-state index in [0.717, 1.165) is 12.0 Å². The van der Waals surface area contributed by atoms with Gasteiger partial charge < -0.3 is 10.4 Å². The third-order valence-corrected chi connectivity index (χ3v) is 3.62. The molecule has 3 N–H and O–H groups in total. The molecule has 1 rings (SSSR count). The van der Waals surface area contributed by atoms with Gasteiger partial charge in [-0.05, 0) is 23.6 Å². The number of aliphatic carboxylic acids is 1. The molecule has 0 saturated carbocycles. The van der Waals surface area contributed by atoms with Crippen LogP contribution in [0.3, 0.4) is 0 Å². The van der Waals surface area contributed by atoms with Gasteiger partial charge in [0.05, 0.1) is 6.54 Å². The highest BCUT2D eigenvalue weighted by Gasteiger charge is 2.23. The molecule has 5 nitrogen and oxygen atoms in total. The Kier molecular flexibility index (Phi) is 7.19. The maximum Gasteiger partial charge on any atom is 0.320 e. The van der Waals surface area contributed by atoms with Crippen molar-refractivity contribution < 1.29 is 14.7 Å². The summed E-state index contributed by atoms with van der Waals surface area (Å²) in [6.07, 6.45) is 0.733. The Hall–Kier alpha value is -1.59. The fraction of sp³-hybridized carbons (Fsp3) is 0.467. The highest BCUT2D eigenvalue weighted by atomic mass is 35.5. The molecular weight excluding hydrogens is 292 g/mol. The average molecular weight is 313 g/mol. The largest absolute Gasteiger partial charge is 0.480 e. The van der Waals surface area contributed by atoms with Crippen molar-refractivity contribution in [3.63, 3.8) is 0 Å². The number of hydrogen-bond donors (Lipinski definition) is 3. The molecule has 1 amide bonds. The fourth-order valence-corrected chi connectivity index (χ4v) is 1.96. The molecule has 0 aromatic heterocycles. The van der Waals surface area contributed by atoms with E-state index in [9.17, 15) is 9.59 Å². The monoisotopic (exact) mass is 312 g/mol. The second-order valence-electron chi connectivity index (χ2n) is 4.99. The Morgan fingerprint density at radius 1 is 1.29 bits per heavy atom. The third kappa shape index (κ3) is 6.14. The molecule has 0 fully saturated rings. The van der Waals surface area contributed by atoms with Crippen LogP contribution in [0.5, 0.6) is 0 Å². The second kappa shape index (κ2) is 8.64. The highest BCUT2D eigenvalue weighted by molar-refractivity contribution is 6.30. The van der Waals surface area contributed by atoms with Crippen molar-refractivity contribution in [2.45, 2.75) is 32.9 Å². The zero-order valence-electron chi connectivity index (χ0n) is 12.2. The molecule has 1 aromatic rings. The summed E-state index contributed by atoms with van der Waals surface area (Å²) >= 11 is 5.78. The van der Waals surface area contributed by atoms with Gasteiger partial charge in [0.25, 0.3) is 0 Å². The highest BCUT2D eigenvalue weighted by Crippen LogP contribution is 2.09. The third-order valence-electron chi connectivity index (χ3n) is 3.36. The normalized spacial score (nSPS) is 13.5. The molecule has 0 heterocycles. The second-order valence-corrected chi connectivity index (χ2v) is 5.42. The lowest BCUT2D eigenvalue weighted by atomic mass is 9.99. The van der Waals surface area contributed by atoms with Gasteiger partial charge in [-0.15, -0.1) is 0 Å². The number of carboxylic acids is 1. The average Bonchev–Trinajstić information content (AvgIpc) is 2.46. The van der Waals surface area contributed by atoms with Crippen LogP contribution >= 0.6 is 11.6 Å². The predicted octanol–water partition coefficient (Wildman–Crippen LogP) is 2.05. The Morgan fingerprint density at radius 2 is 1.90 bits per heavy atom. The fourth-order valence-electron chi connectivity index (χ4n) is 1.84. The molecule has 0 bridgehead atoms. The SMILES string of the molecule is CC[C@H](C)[C@H](NCC(=O)NCc1ccc(Cl)cc1)C(=O)O. The van der Waals surface area contributed by atoms with Gasteiger partial charge in [0, 0.05) is 11.6 Å². The zero-order chi connectivity index (χ0) is 15.8. The van der Waals surface area contributed by atoms with Crippen LogP contribution in [-0.2, 0) is 16.1 Å². The molecule has 21 heavy (non-hydrogen) atoms. The first-order chi connectivity index (χ1) is 9.93. The van der Waals surface area contributed by atoms with Gasteiger partial charge in [-0.1, -0.05) is 44.0 Å². The minimum atomic E-state index is -0.935. The van der Waals surface area contributed by atoms with Gasteiger partial charge in [-0.3, -0.25) is 14.9 Å². The molecule has 116 valence electrons. The Morgan fingerprint density at radius 3 is 2.43 bits per heavy atom. The summed E-state index contributed by atoms with van der Waals surface area (Å²) in [6, 6.07) is 6.45. The lowest BCUT2D eigenvalue weighted by Gasteiger charge is -2.19. The lowest BCUT2D eigenvalue weighted by molar-refractivity contribution is -0.140. The molecule has 0 saturated heterocycles. The van der Waals surface area contributed by atoms with Gasteiger partial charge >= 0.3 is 5.97 Å². The topological polar surface area (TPSA) is 78.4 Å². The van der Waals surface area contributed by atoms with E-state index >= 15 is 0 Å². The van der Waals surface area contributed by atoms with E-state index in [1.807, 2.05) is 26.0 Å². The zero-order valence-corrected chi connectivity index (χ0v) is 13.0. The molecule has 0 aliphatic carbocycles. The molecule has 0 aliphatic rings. The van der Waals surface area contributed by atoms with Crippen LogP contribution in [-0.4, -0.2) is 29.6 Å². The van der Waals surface area contributed by atoms with Crippen molar-refractivity contribution in [2.24, 2.45) is 5.92 Å². The molecular formula is C15H21ClN2O3. The predicted molar refractivity (Wildman–Crippen MR) is 82.2 cm³/mol. The van der Waals surface area contributed by atoms with Crippen LogP contribution in [0.4, 0.5) is 0 Å². The van der Waals surface area contributed by atoms with E-state index in [2.05, 4.69) is 10.6 Å². The van der Waals surface area contributed by atoms with Crippen LogP contribution in [0.2, 0.25) is 5.02 Å². The number of halogens is 1. The smallest absolute Gasteiger partial charge is 0.320 e. The van der Waals surface area contributed by atoms with Crippen LogP contribution in [0, 0.1) is 5.92 Å². The Labute approximate surface area is 129 Å². The van der Waals surface area contributed by atoms with Crippen molar-refractivity contribution in [1.29, 1.82) is 0 Å². The minimum Gasteiger partial charge on any atom is -0.480 e. The van der Waals surface area contributed by atoms with E-state index in [4.69, 9.17) is 16.7 Å². The van der Waals surface area contributed by atoms with Crippen molar-refractivity contribution in [1.82, 2.24) is 10.6 Å². The van der Waals surface area contributed by atoms with E-state index in [-0.39, 0.29) is 18.4 Å². The van der Waals surface area contributed by atoms with Gasteiger partial charge in [-0.25, -0.2) is 0 Å². The Balaban J connectivity index is 2.39. The van der Waals surface area contributed by atoms with Gasteiger partial charge in [0.15, 0.2) is 0 Å². The van der Waals surface area contributed by atoms with Crippen molar-refractivity contribution in [3.05, 3.63) is 34.9 Å². The summed E-state index contributed by atoms with van der Waals surface area (Å²) in [5, 5.41) is 15.3. The van der Waals surface area contributed by atoms with Gasteiger partial charge in [0.1, 0.15) is 6.04 Å². The number of benzene rings is 1. The molecule has 6 heteroatoms. The first kappa shape index (κ1) is 17.5. The van der Waals surface area contributed by atoms with Crippen molar-refractivity contribution >= 4 is 23.5 Å². The van der Waals surface area contributed by atoms with Crippen molar-refractivity contribution in [2.75, 3.05) is 6.54 Å². The number of nitrogens with one attached hydrogen (secondary N) is 2. The minimum absolute atomic E-state index is 0.0190.